The van der Waals surface area contributed by atoms with E-state index in [1.807, 2.05) is 94.4 Å². The van der Waals surface area contributed by atoms with Gasteiger partial charge in [0.15, 0.2) is 6.10 Å². The van der Waals surface area contributed by atoms with Gasteiger partial charge in [0, 0.05) is 16.1 Å². The van der Waals surface area contributed by atoms with Crippen LogP contribution in [0.3, 0.4) is 0 Å². The summed E-state index contributed by atoms with van der Waals surface area (Å²) < 4.78 is 6.09. The number of carboxylic acids is 1. The van der Waals surface area contributed by atoms with Gasteiger partial charge in [-0.05, 0) is 91.9 Å². The number of benzene rings is 4. The van der Waals surface area contributed by atoms with Crippen molar-refractivity contribution in [2.45, 2.75) is 51.9 Å². The molecule has 0 aromatic heterocycles. The molecule has 0 fully saturated rings. The van der Waals surface area contributed by atoms with Crippen LogP contribution in [-0.4, -0.2) is 21.8 Å². The SMILES string of the molecule is Cc1cc2ccc(C#C[C@](C)(O)c3ccccc3)cc2c(-c2ccc(Cl)cc2)c1C(OC(C)(C)C)C(=O)O. The minimum absolute atomic E-state index is 0.586. The molecule has 5 heteroatoms. The summed E-state index contributed by atoms with van der Waals surface area (Å²) in [6.07, 6.45) is -1.18. The highest BCUT2D eigenvalue weighted by molar-refractivity contribution is 6.30. The molecule has 2 N–H and O–H groups in total. The van der Waals surface area contributed by atoms with Crippen LogP contribution in [0.2, 0.25) is 5.02 Å². The van der Waals surface area contributed by atoms with E-state index in [-0.39, 0.29) is 0 Å². The largest absolute Gasteiger partial charge is 0.479 e. The third-order valence-electron chi connectivity index (χ3n) is 6.27. The van der Waals surface area contributed by atoms with E-state index >= 15 is 0 Å². The van der Waals surface area contributed by atoms with Crippen LogP contribution in [-0.2, 0) is 15.1 Å². The molecule has 0 saturated carbocycles. The fraction of sp³-hybridized carbons (Fsp3) is 0.242. The Kier molecular flexibility index (Phi) is 7.67. The maximum absolute atomic E-state index is 12.5. The molecule has 0 amide bonds. The maximum atomic E-state index is 12.5. The summed E-state index contributed by atoms with van der Waals surface area (Å²) in [5.74, 6) is 5.05. The standard InChI is InChI=1S/C33H31ClO4/c1-21-19-24-12-11-22(17-18-33(5,37)25-9-7-6-8-10-25)20-27(24)29(23-13-15-26(34)16-14-23)28(21)30(31(35)36)38-32(2,3)4/h6-16,19-20,30,37H,1-5H3,(H,35,36)/t30?,33-/m0/s1. The molecule has 0 radical (unpaired) electrons. The van der Waals surface area contributed by atoms with E-state index in [9.17, 15) is 15.0 Å². The lowest BCUT2D eigenvalue weighted by Crippen LogP contribution is -2.28. The molecule has 194 valence electrons. The van der Waals surface area contributed by atoms with E-state index in [0.717, 1.165) is 27.5 Å². The molecule has 0 aliphatic rings. The van der Waals surface area contributed by atoms with E-state index in [2.05, 4.69) is 11.8 Å². The third-order valence-corrected chi connectivity index (χ3v) is 6.52. The number of hydrogen-bond acceptors (Lipinski definition) is 3. The molecular weight excluding hydrogens is 496 g/mol. The lowest BCUT2D eigenvalue weighted by atomic mass is 9.86. The van der Waals surface area contributed by atoms with Crippen molar-refractivity contribution in [3.63, 3.8) is 0 Å². The van der Waals surface area contributed by atoms with Crippen LogP contribution >= 0.6 is 11.6 Å². The lowest BCUT2D eigenvalue weighted by Gasteiger charge is -2.28. The number of rotatable bonds is 5. The second kappa shape index (κ2) is 10.6. The molecule has 0 saturated heterocycles. The van der Waals surface area contributed by atoms with Gasteiger partial charge in [0.2, 0.25) is 0 Å². The zero-order valence-electron chi connectivity index (χ0n) is 22.2. The summed E-state index contributed by atoms with van der Waals surface area (Å²) >= 11 is 6.19. The first kappa shape index (κ1) is 27.4. The molecule has 4 aromatic rings. The zero-order chi connectivity index (χ0) is 27.7. The van der Waals surface area contributed by atoms with Gasteiger partial charge >= 0.3 is 5.97 Å². The highest BCUT2D eigenvalue weighted by Crippen LogP contribution is 2.41. The Bertz CT molecular complexity index is 1540. The molecule has 0 spiro atoms. The quantitative estimate of drug-likeness (QED) is 0.262. The van der Waals surface area contributed by atoms with Crippen LogP contribution in [0.4, 0.5) is 0 Å². The first-order chi connectivity index (χ1) is 17.9. The Morgan fingerprint density at radius 2 is 1.61 bits per heavy atom. The molecule has 4 rings (SSSR count). The predicted octanol–water partition coefficient (Wildman–Crippen LogP) is 7.67. The van der Waals surface area contributed by atoms with Crippen molar-refractivity contribution in [2.75, 3.05) is 0 Å². The van der Waals surface area contributed by atoms with Gasteiger partial charge in [-0.25, -0.2) is 4.79 Å². The van der Waals surface area contributed by atoms with E-state index in [0.29, 0.717) is 21.7 Å². The minimum atomic E-state index is -1.33. The topological polar surface area (TPSA) is 66.8 Å². The van der Waals surface area contributed by atoms with E-state index in [1.165, 1.54) is 0 Å². The van der Waals surface area contributed by atoms with Gasteiger partial charge in [-0.15, -0.1) is 0 Å². The number of carboxylic acid groups (broad SMARTS) is 1. The molecule has 4 aromatic carbocycles. The molecule has 1 unspecified atom stereocenters. The van der Waals surface area contributed by atoms with Crippen LogP contribution in [0.25, 0.3) is 21.9 Å². The third kappa shape index (κ3) is 6.09. The number of aliphatic carboxylic acids is 1. The van der Waals surface area contributed by atoms with Gasteiger partial charge in [-0.1, -0.05) is 78.0 Å². The normalized spacial score (nSPS) is 13.9. The Hall–Kier alpha value is -3.62. The van der Waals surface area contributed by atoms with Crippen LogP contribution < -0.4 is 0 Å². The smallest absolute Gasteiger partial charge is 0.337 e. The molecule has 38 heavy (non-hydrogen) atoms. The Morgan fingerprint density at radius 3 is 2.21 bits per heavy atom. The van der Waals surface area contributed by atoms with Crippen LogP contribution in [0, 0.1) is 18.8 Å². The van der Waals surface area contributed by atoms with Crippen LogP contribution in [0.15, 0.2) is 78.9 Å². The summed E-state index contributed by atoms with van der Waals surface area (Å²) in [4.78, 5) is 12.5. The van der Waals surface area contributed by atoms with E-state index in [1.54, 1.807) is 19.1 Å². The number of ether oxygens (including phenoxy) is 1. The molecule has 0 bridgehead atoms. The second-order valence-corrected chi connectivity index (χ2v) is 11.0. The summed E-state index contributed by atoms with van der Waals surface area (Å²) in [5, 5.41) is 23.6. The summed E-state index contributed by atoms with van der Waals surface area (Å²) in [5.41, 5.74) is 2.36. The first-order valence-corrected chi connectivity index (χ1v) is 12.8. The molecule has 0 aliphatic heterocycles. The average Bonchev–Trinajstić information content (AvgIpc) is 2.86. The Morgan fingerprint density at radius 1 is 0.947 bits per heavy atom. The van der Waals surface area contributed by atoms with Crippen molar-refractivity contribution >= 4 is 28.3 Å². The Labute approximate surface area is 228 Å². The molecule has 4 nitrogen and oxygen atoms in total. The van der Waals surface area contributed by atoms with Crippen molar-refractivity contribution in [3.05, 3.63) is 106 Å². The fourth-order valence-electron chi connectivity index (χ4n) is 4.51. The summed E-state index contributed by atoms with van der Waals surface area (Å²) in [6.45, 7) is 9.09. The van der Waals surface area contributed by atoms with E-state index in [4.69, 9.17) is 16.3 Å². The number of fused-ring (bicyclic) bond motifs is 1. The predicted molar refractivity (Wildman–Crippen MR) is 153 cm³/mol. The number of hydrogen-bond donors (Lipinski definition) is 2. The minimum Gasteiger partial charge on any atom is -0.479 e. The number of halogens is 1. The van der Waals surface area contributed by atoms with Crippen molar-refractivity contribution < 1.29 is 19.7 Å². The van der Waals surface area contributed by atoms with Gasteiger partial charge in [-0.2, -0.15) is 0 Å². The van der Waals surface area contributed by atoms with Gasteiger partial charge in [-0.3, -0.25) is 0 Å². The lowest BCUT2D eigenvalue weighted by molar-refractivity contribution is -0.160. The van der Waals surface area contributed by atoms with E-state index < -0.39 is 23.3 Å². The van der Waals surface area contributed by atoms with Crippen LogP contribution in [0.1, 0.15) is 56.1 Å². The fourth-order valence-corrected chi connectivity index (χ4v) is 4.64. The molecule has 2 atom stereocenters. The number of aryl methyl sites for hydroxylation is 1. The summed E-state index contributed by atoms with van der Waals surface area (Å²) in [6, 6.07) is 24.4. The highest BCUT2D eigenvalue weighted by Gasteiger charge is 2.31. The zero-order valence-corrected chi connectivity index (χ0v) is 22.9. The number of carbonyl (C=O) groups is 1. The maximum Gasteiger partial charge on any atom is 0.337 e. The van der Waals surface area contributed by atoms with Gasteiger partial charge in [0.05, 0.1) is 5.60 Å². The van der Waals surface area contributed by atoms with Crippen molar-refractivity contribution in [1.82, 2.24) is 0 Å². The first-order valence-electron chi connectivity index (χ1n) is 12.4. The van der Waals surface area contributed by atoms with Gasteiger partial charge in [0.1, 0.15) is 5.60 Å². The van der Waals surface area contributed by atoms with Crippen LogP contribution in [0.5, 0.6) is 0 Å². The van der Waals surface area contributed by atoms with Crippen molar-refractivity contribution in [2.24, 2.45) is 0 Å². The highest BCUT2D eigenvalue weighted by atomic mass is 35.5. The molecule has 0 heterocycles. The van der Waals surface area contributed by atoms with Gasteiger partial charge < -0.3 is 14.9 Å². The second-order valence-electron chi connectivity index (χ2n) is 10.6. The number of aliphatic hydroxyl groups is 1. The average molecular weight is 527 g/mol. The molecule has 0 aliphatic carbocycles. The Balaban J connectivity index is 1.96. The van der Waals surface area contributed by atoms with Crippen molar-refractivity contribution in [3.8, 4) is 23.0 Å². The van der Waals surface area contributed by atoms with Gasteiger partial charge in [0.25, 0.3) is 0 Å². The van der Waals surface area contributed by atoms with Crippen molar-refractivity contribution in [1.29, 1.82) is 0 Å². The monoisotopic (exact) mass is 526 g/mol. The molecular formula is C33H31ClO4. The summed E-state index contributed by atoms with van der Waals surface area (Å²) in [7, 11) is 0.